The Morgan fingerprint density at radius 2 is 2.20 bits per heavy atom. The van der Waals surface area contributed by atoms with Gasteiger partial charge in [-0.15, -0.1) is 6.42 Å². The summed E-state index contributed by atoms with van der Waals surface area (Å²) in [7, 11) is 0. The second-order valence-corrected chi connectivity index (χ2v) is 3.34. The van der Waals surface area contributed by atoms with Gasteiger partial charge in [0.2, 0.25) is 0 Å². The van der Waals surface area contributed by atoms with Gasteiger partial charge < -0.3 is 4.74 Å². The zero-order valence-electron chi connectivity index (χ0n) is 8.22. The minimum Gasteiger partial charge on any atom is -0.447 e. The maximum Gasteiger partial charge on any atom is 0.411 e. The Balaban J connectivity index is 2.23. The van der Waals surface area contributed by atoms with Crippen LogP contribution < -0.4 is 0 Å². The van der Waals surface area contributed by atoms with E-state index in [0.717, 1.165) is 5.56 Å². The van der Waals surface area contributed by atoms with E-state index in [4.69, 9.17) is 11.2 Å². The van der Waals surface area contributed by atoms with Crippen LogP contribution in [-0.2, 0) is 4.74 Å². The van der Waals surface area contributed by atoms with E-state index in [2.05, 4.69) is 5.92 Å². The number of amides is 1. The molecule has 2 rings (SSSR count). The Morgan fingerprint density at radius 1 is 1.47 bits per heavy atom. The van der Waals surface area contributed by atoms with Crippen LogP contribution in [0.1, 0.15) is 11.6 Å². The highest BCUT2D eigenvalue weighted by atomic mass is 16.6. The number of benzene rings is 1. The van der Waals surface area contributed by atoms with Gasteiger partial charge in [0.05, 0.1) is 12.6 Å². The van der Waals surface area contributed by atoms with Gasteiger partial charge in [-0.05, 0) is 5.56 Å². The lowest BCUT2D eigenvalue weighted by Crippen LogP contribution is -2.27. The van der Waals surface area contributed by atoms with Crippen molar-refractivity contribution in [2.24, 2.45) is 0 Å². The van der Waals surface area contributed by atoms with Gasteiger partial charge in [-0.3, -0.25) is 4.90 Å². The third-order valence-electron chi connectivity index (χ3n) is 2.42. The van der Waals surface area contributed by atoms with Gasteiger partial charge in [0, 0.05) is 0 Å². The summed E-state index contributed by atoms with van der Waals surface area (Å²) in [5, 5.41) is 0. The second kappa shape index (κ2) is 4.05. The van der Waals surface area contributed by atoms with Gasteiger partial charge >= 0.3 is 6.09 Å². The number of cyclic esters (lactones) is 1. The van der Waals surface area contributed by atoms with E-state index in [1.54, 1.807) is 4.90 Å². The van der Waals surface area contributed by atoms with E-state index < -0.39 is 0 Å². The molecule has 15 heavy (non-hydrogen) atoms. The number of carbonyl (C=O) groups is 1. The molecule has 0 aromatic heterocycles. The molecule has 1 unspecified atom stereocenters. The first kappa shape index (κ1) is 9.60. The summed E-state index contributed by atoms with van der Waals surface area (Å²) >= 11 is 0. The Labute approximate surface area is 88.6 Å². The highest BCUT2D eigenvalue weighted by Crippen LogP contribution is 2.26. The standard InChI is InChI=1S/C12H11NO2/c1-2-8-13-11(9-15-12(13)14)10-6-4-3-5-7-10/h1,3-7,11H,8-9H2. The van der Waals surface area contributed by atoms with Crippen molar-refractivity contribution in [2.75, 3.05) is 13.2 Å². The molecule has 0 aliphatic carbocycles. The molecule has 1 aliphatic rings. The molecule has 1 aliphatic heterocycles. The molecule has 1 aromatic carbocycles. The van der Waals surface area contributed by atoms with Crippen molar-refractivity contribution >= 4 is 6.09 Å². The van der Waals surface area contributed by atoms with Crippen LogP contribution in [-0.4, -0.2) is 24.1 Å². The largest absolute Gasteiger partial charge is 0.447 e. The lowest BCUT2D eigenvalue weighted by molar-refractivity contribution is 0.161. The van der Waals surface area contributed by atoms with E-state index in [-0.39, 0.29) is 12.1 Å². The van der Waals surface area contributed by atoms with E-state index in [1.807, 2.05) is 30.3 Å². The van der Waals surface area contributed by atoms with Crippen LogP contribution >= 0.6 is 0 Å². The van der Waals surface area contributed by atoms with Gasteiger partial charge in [0.15, 0.2) is 0 Å². The Hall–Kier alpha value is -1.95. The van der Waals surface area contributed by atoms with E-state index in [9.17, 15) is 4.79 Å². The molecule has 0 bridgehead atoms. The number of nitrogens with zero attached hydrogens (tertiary/aromatic N) is 1. The fourth-order valence-electron chi connectivity index (χ4n) is 1.67. The third-order valence-corrected chi connectivity index (χ3v) is 2.42. The van der Waals surface area contributed by atoms with Crippen LogP contribution in [0.5, 0.6) is 0 Å². The molecule has 76 valence electrons. The zero-order chi connectivity index (χ0) is 10.7. The van der Waals surface area contributed by atoms with Crippen molar-refractivity contribution in [3.8, 4) is 12.3 Å². The summed E-state index contributed by atoms with van der Waals surface area (Å²) in [4.78, 5) is 12.9. The quantitative estimate of drug-likeness (QED) is 0.683. The summed E-state index contributed by atoms with van der Waals surface area (Å²) < 4.78 is 4.98. The monoisotopic (exact) mass is 201 g/mol. The minimum atomic E-state index is -0.332. The highest BCUT2D eigenvalue weighted by molar-refractivity contribution is 5.71. The van der Waals surface area contributed by atoms with Crippen molar-refractivity contribution in [3.63, 3.8) is 0 Å². The number of carbonyl (C=O) groups excluding carboxylic acids is 1. The summed E-state index contributed by atoms with van der Waals surface area (Å²) in [6.07, 6.45) is 4.88. The summed E-state index contributed by atoms with van der Waals surface area (Å²) in [6, 6.07) is 9.70. The first-order chi connectivity index (χ1) is 7.33. The van der Waals surface area contributed by atoms with Crippen molar-refractivity contribution in [1.29, 1.82) is 0 Å². The molecule has 1 fully saturated rings. The average Bonchev–Trinajstić information content (AvgIpc) is 2.63. The predicted molar refractivity (Wildman–Crippen MR) is 56.1 cm³/mol. The minimum absolute atomic E-state index is 0.0465. The Morgan fingerprint density at radius 3 is 2.87 bits per heavy atom. The van der Waals surface area contributed by atoms with Crippen molar-refractivity contribution in [1.82, 2.24) is 4.90 Å². The fourth-order valence-corrected chi connectivity index (χ4v) is 1.67. The van der Waals surface area contributed by atoms with Gasteiger partial charge in [-0.1, -0.05) is 36.3 Å². The first-order valence-electron chi connectivity index (χ1n) is 4.74. The van der Waals surface area contributed by atoms with Crippen LogP contribution in [0.3, 0.4) is 0 Å². The van der Waals surface area contributed by atoms with E-state index >= 15 is 0 Å². The van der Waals surface area contributed by atoms with E-state index in [1.165, 1.54) is 0 Å². The highest BCUT2D eigenvalue weighted by Gasteiger charge is 2.32. The maximum absolute atomic E-state index is 11.4. The maximum atomic E-state index is 11.4. The van der Waals surface area contributed by atoms with Crippen molar-refractivity contribution < 1.29 is 9.53 Å². The van der Waals surface area contributed by atoms with E-state index in [0.29, 0.717) is 13.2 Å². The molecule has 1 atom stereocenters. The predicted octanol–water partition coefficient (Wildman–Crippen LogP) is 1.81. The van der Waals surface area contributed by atoms with Crippen LogP contribution in [0, 0.1) is 12.3 Å². The zero-order valence-corrected chi connectivity index (χ0v) is 8.22. The van der Waals surface area contributed by atoms with Gasteiger partial charge in [0.1, 0.15) is 6.61 Å². The number of ether oxygens (including phenoxy) is 1. The molecule has 0 radical (unpaired) electrons. The van der Waals surface area contributed by atoms with Gasteiger partial charge in [-0.25, -0.2) is 4.79 Å². The smallest absolute Gasteiger partial charge is 0.411 e. The topological polar surface area (TPSA) is 29.5 Å². The molecule has 3 heteroatoms. The molecular weight excluding hydrogens is 190 g/mol. The Bertz CT molecular complexity index is 394. The molecule has 1 amide bonds. The normalized spacial score (nSPS) is 19.8. The first-order valence-corrected chi connectivity index (χ1v) is 4.74. The van der Waals surface area contributed by atoms with Crippen LogP contribution in [0.25, 0.3) is 0 Å². The number of rotatable bonds is 2. The number of hydrogen-bond donors (Lipinski definition) is 0. The summed E-state index contributed by atoms with van der Waals surface area (Å²) in [6.45, 7) is 0.670. The van der Waals surface area contributed by atoms with Crippen LogP contribution in [0.4, 0.5) is 4.79 Å². The molecule has 3 nitrogen and oxygen atoms in total. The molecule has 1 heterocycles. The molecular formula is C12H11NO2. The lowest BCUT2D eigenvalue weighted by Gasteiger charge is -2.18. The molecule has 0 spiro atoms. The van der Waals surface area contributed by atoms with Crippen LogP contribution in [0.15, 0.2) is 30.3 Å². The summed E-state index contributed by atoms with van der Waals surface area (Å²) in [5.41, 5.74) is 1.05. The lowest BCUT2D eigenvalue weighted by atomic mass is 10.1. The van der Waals surface area contributed by atoms with Gasteiger partial charge in [-0.2, -0.15) is 0 Å². The van der Waals surface area contributed by atoms with Gasteiger partial charge in [0.25, 0.3) is 0 Å². The molecule has 1 aromatic rings. The van der Waals surface area contributed by atoms with Crippen molar-refractivity contribution in [3.05, 3.63) is 35.9 Å². The summed E-state index contributed by atoms with van der Waals surface area (Å²) in [5.74, 6) is 2.46. The molecule has 0 saturated carbocycles. The third kappa shape index (κ3) is 1.79. The number of terminal acetylenes is 1. The fraction of sp³-hybridized carbons (Fsp3) is 0.250. The van der Waals surface area contributed by atoms with Crippen LogP contribution in [0.2, 0.25) is 0 Å². The SMILES string of the molecule is C#CCN1C(=O)OCC1c1ccccc1. The average molecular weight is 201 g/mol. The molecule has 0 N–H and O–H groups in total. The molecule has 1 saturated heterocycles. The number of hydrogen-bond acceptors (Lipinski definition) is 2. The second-order valence-electron chi connectivity index (χ2n) is 3.34. The Kier molecular flexibility index (Phi) is 2.59. The van der Waals surface area contributed by atoms with Crippen molar-refractivity contribution in [2.45, 2.75) is 6.04 Å².